The van der Waals surface area contributed by atoms with Crippen molar-refractivity contribution in [2.24, 2.45) is 5.92 Å². The molecule has 2 heterocycles. The van der Waals surface area contributed by atoms with Gasteiger partial charge in [0.2, 0.25) is 0 Å². The molecule has 1 N–H and O–H groups in total. The van der Waals surface area contributed by atoms with E-state index in [4.69, 9.17) is 0 Å². The summed E-state index contributed by atoms with van der Waals surface area (Å²) in [7, 11) is 0. The molecule has 0 bridgehead atoms. The Kier molecular flexibility index (Phi) is 4.97. The van der Waals surface area contributed by atoms with Crippen LogP contribution in [0.2, 0.25) is 0 Å². The van der Waals surface area contributed by atoms with Gasteiger partial charge in [0, 0.05) is 18.7 Å². The number of carbonyl (C=O) groups excluding carboxylic acids is 1. The molecule has 2 fully saturated rings. The van der Waals surface area contributed by atoms with Gasteiger partial charge in [-0.3, -0.25) is 14.3 Å². The van der Waals surface area contributed by atoms with Crippen LogP contribution in [0.5, 0.6) is 0 Å². The standard InChI is InChI=1S/C21H25N3O3/c25-20(23-12-10-16(11-13-23)21(26)27)18-14-22-24(17-8-4-5-9-17)19(18)15-6-2-1-3-7-15/h1-3,6-7,14,16-17H,4-5,8-13H2,(H,26,27). The molecule has 0 spiro atoms. The van der Waals surface area contributed by atoms with Gasteiger partial charge < -0.3 is 10.0 Å². The molecule has 1 aromatic carbocycles. The van der Waals surface area contributed by atoms with Crippen LogP contribution in [0, 0.1) is 5.92 Å². The summed E-state index contributed by atoms with van der Waals surface area (Å²) in [5, 5.41) is 13.8. The van der Waals surface area contributed by atoms with Crippen molar-refractivity contribution < 1.29 is 14.7 Å². The lowest BCUT2D eigenvalue weighted by Crippen LogP contribution is -2.40. The number of carboxylic acids is 1. The van der Waals surface area contributed by atoms with E-state index in [1.807, 2.05) is 35.0 Å². The molecule has 4 rings (SSSR count). The van der Waals surface area contributed by atoms with Crippen LogP contribution in [0.4, 0.5) is 0 Å². The summed E-state index contributed by atoms with van der Waals surface area (Å²) in [6.45, 7) is 0.970. The van der Waals surface area contributed by atoms with E-state index >= 15 is 0 Å². The van der Waals surface area contributed by atoms with Gasteiger partial charge in [-0.1, -0.05) is 43.2 Å². The molecule has 1 amide bonds. The van der Waals surface area contributed by atoms with E-state index in [0.717, 1.165) is 24.1 Å². The summed E-state index contributed by atoms with van der Waals surface area (Å²) < 4.78 is 2.04. The van der Waals surface area contributed by atoms with Gasteiger partial charge in [-0.05, 0) is 25.7 Å². The summed E-state index contributed by atoms with van der Waals surface area (Å²) in [4.78, 5) is 26.2. The van der Waals surface area contributed by atoms with Gasteiger partial charge in [0.1, 0.15) is 0 Å². The summed E-state index contributed by atoms with van der Waals surface area (Å²) in [6, 6.07) is 10.3. The topological polar surface area (TPSA) is 75.4 Å². The minimum absolute atomic E-state index is 0.0399. The first-order chi connectivity index (χ1) is 13.1. The highest BCUT2D eigenvalue weighted by Gasteiger charge is 2.31. The van der Waals surface area contributed by atoms with E-state index in [0.29, 0.717) is 37.5 Å². The Morgan fingerprint density at radius 1 is 1.00 bits per heavy atom. The highest BCUT2D eigenvalue weighted by Crippen LogP contribution is 2.35. The number of likely N-dealkylation sites (tertiary alicyclic amines) is 1. The normalized spacial score (nSPS) is 18.7. The highest BCUT2D eigenvalue weighted by molar-refractivity contribution is 6.00. The van der Waals surface area contributed by atoms with Crippen molar-refractivity contribution in [3.05, 3.63) is 42.1 Å². The molecule has 1 saturated carbocycles. The minimum atomic E-state index is -0.763. The second-order valence-corrected chi connectivity index (χ2v) is 7.56. The number of amides is 1. The Bertz CT molecular complexity index is 816. The SMILES string of the molecule is O=C(O)C1CCN(C(=O)c2cnn(C3CCCC3)c2-c2ccccc2)CC1. The lowest BCUT2D eigenvalue weighted by molar-refractivity contribution is -0.143. The third-order valence-corrected chi connectivity index (χ3v) is 5.88. The predicted molar refractivity (Wildman–Crippen MR) is 101 cm³/mol. The number of nitrogens with zero attached hydrogens (tertiary/aromatic N) is 3. The summed E-state index contributed by atoms with van der Waals surface area (Å²) in [5.41, 5.74) is 2.53. The summed E-state index contributed by atoms with van der Waals surface area (Å²) in [5.74, 6) is -1.15. The molecule has 142 valence electrons. The Balaban J connectivity index is 1.64. The van der Waals surface area contributed by atoms with E-state index in [1.165, 1.54) is 12.8 Å². The average Bonchev–Trinajstić information content (AvgIpc) is 3.37. The molecule has 1 aromatic heterocycles. The van der Waals surface area contributed by atoms with Crippen molar-refractivity contribution >= 4 is 11.9 Å². The highest BCUT2D eigenvalue weighted by atomic mass is 16.4. The zero-order valence-corrected chi connectivity index (χ0v) is 15.4. The number of carbonyl (C=O) groups is 2. The molecule has 6 heteroatoms. The van der Waals surface area contributed by atoms with E-state index < -0.39 is 5.97 Å². The van der Waals surface area contributed by atoms with Crippen LogP contribution >= 0.6 is 0 Å². The molecule has 0 unspecified atom stereocenters. The van der Waals surface area contributed by atoms with Crippen LogP contribution in [0.1, 0.15) is 54.9 Å². The first kappa shape index (κ1) is 17.8. The number of rotatable bonds is 4. The zero-order valence-electron chi connectivity index (χ0n) is 15.4. The first-order valence-electron chi connectivity index (χ1n) is 9.80. The number of hydrogen-bond acceptors (Lipinski definition) is 3. The van der Waals surface area contributed by atoms with E-state index in [1.54, 1.807) is 11.1 Å². The van der Waals surface area contributed by atoms with Crippen molar-refractivity contribution in [2.45, 2.75) is 44.6 Å². The maximum absolute atomic E-state index is 13.2. The van der Waals surface area contributed by atoms with Crippen molar-refractivity contribution in [1.82, 2.24) is 14.7 Å². The van der Waals surface area contributed by atoms with Gasteiger partial charge in [0.15, 0.2) is 0 Å². The van der Waals surface area contributed by atoms with Crippen molar-refractivity contribution in [3.8, 4) is 11.3 Å². The molecule has 6 nitrogen and oxygen atoms in total. The van der Waals surface area contributed by atoms with Gasteiger partial charge >= 0.3 is 5.97 Å². The Morgan fingerprint density at radius 2 is 1.67 bits per heavy atom. The van der Waals surface area contributed by atoms with Crippen molar-refractivity contribution in [2.75, 3.05) is 13.1 Å². The molecule has 2 aliphatic rings. The molecule has 2 aromatic rings. The monoisotopic (exact) mass is 367 g/mol. The van der Waals surface area contributed by atoms with E-state index in [2.05, 4.69) is 5.10 Å². The number of benzene rings is 1. The van der Waals surface area contributed by atoms with Gasteiger partial charge in [-0.15, -0.1) is 0 Å². The second kappa shape index (κ2) is 7.55. The fourth-order valence-corrected chi connectivity index (χ4v) is 4.33. The predicted octanol–water partition coefficient (Wildman–Crippen LogP) is 3.60. The fraction of sp³-hybridized carbons (Fsp3) is 0.476. The average molecular weight is 367 g/mol. The molecule has 1 aliphatic heterocycles. The van der Waals surface area contributed by atoms with Crippen LogP contribution < -0.4 is 0 Å². The van der Waals surface area contributed by atoms with Gasteiger partial charge in [-0.2, -0.15) is 5.10 Å². The zero-order chi connectivity index (χ0) is 18.8. The van der Waals surface area contributed by atoms with Crippen LogP contribution in [-0.2, 0) is 4.79 Å². The number of aliphatic carboxylic acids is 1. The Hall–Kier alpha value is -2.63. The smallest absolute Gasteiger partial charge is 0.306 e. The lowest BCUT2D eigenvalue weighted by Gasteiger charge is -2.30. The molecule has 27 heavy (non-hydrogen) atoms. The van der Waals surface area contributed by atoms with Crippen molar-refractivity contribution in [3.63, 3.8) is 0 Å². The number of carboxylic acid groups (broad SMARTS) is 1. The fourth-order valence-electron chi connectivity index (χ4n) is 4.33. The minimum Gasteiger partial charge on any atom is -0.481 e. The summed E-state index contributed by atoms with van der Waals surface area (Å²) in [6.07, 6.45) is 7.32. The maximum atomic E-state index is 13.2. The first-order valence-corrected chi connectivity index (χ1v) is 9.80. The number of aromatic nitrogens is 2. The van der Waals surface area contributed by atoms with Gasteiger partial charge in [0.25, 0.3) is 5.91 Å². The van der Waals surface area contributed by atoms with Crippen LogP contribution in [0.15, 0.2) is 36.5 Å². The quantitative estimate of drug-likeness (QED) is 0.896. The van der Waals surface area contributed by atoms with Crippen molar-refractivity contribution in [1.29, 1.82) is 0 Å². The van der Waals surface area contributed by atoms with E-state index in [-0.39, 0.29) is 11.8 Å². The maximum Gasteiger partial charge on any atom is 0.306 e. The molecular weight excluding hydrogens is 342 g/mol. The van der Waals surface area contributed by atoms with Crippen LogP contribution in [0.3, 0.4) is 0 Å². The second-order valence-electron chi connectivity index (χ2n) is 7.56. The third kappa shape index (κ3) is 3.48. The lowest BCUT2D eigenvalue weighted by atomic mass is 9.96. The summed E-state index contributed by atoms with van der Waals surface area (Å²) >= 11 is 0. The molecule has 1 aliphatic carbocycles. The van der Waals surface area contributed by atoms with Gasteiger partial charge in [-0.25, -0.2) is 0 Å². The largest absolute Gasteiger partial charge is 0.481 e. The van der Waals surface area contributed by atoms with E-state index in [9.17, 15) is 14.7 Å². The Labute approximate surface area is 158 Å². The van der Waals surface area contributed by atoms with Gasteiger partial charge in [0.05, 0.1) is 29.4 Å². The number of hydrogen-bond donors (Lipinski definition) is 1. The number of piperidine rings is 1. The van der Waals surface area contributed by atoms with Crippen LogP contribution in [0.25, 0.3) is 11.3 Å². The third-order valence-electron chi connectivity index (χ3n) is 5.88. The molecular formula is C21H25N3O3. The van der Waals surface area contributed by atoms with Crippen LogP contribution in [-0.4, -0.2) is 44.8 Å². The Morgan fingerprint density at radius 3 is 2.30 bits per heavy atom. The molecule has 0 atom stereocenters. The molecule has 1 saturated heterocycles. The molecule has 0 radical (unpaired) electrons.